The monoisotopic (exact) mass is 328 g/mol. The van der Waals surface area contributed by atoms with Crippen molar-refractivity contribution in [2.75, 3.05) is 18.0 Å². The minimum absolute atomic E-state index is 0.0365. The standard InChI is InChI=1S/C18H24N4O2/c1-3-16-20-21-17(24-16)18-6-4-5-14(18)9-22(11-18)15-8-13(10-23)7-12(2)19-15/h7-8,14,23H,3-6,9-11H2,1-2H3/t14-,18-/m0/s1. The molecule has 0 radical (unpaired) electrons. The van der Waals surface area contributed by atoms with Crippen molar-refractivity contribution in [1.82, 2.24) is 15.2 Å². The average molecular weight is 328 g/mol. The van der Waals surface area contributed by atoms with Crippen LogP contribution in [-0.2, 0) is 18.4 Å². The molecule has 128 valence electrons. The highest BCUT2D eigenvalue weighted by Crippen LogP contribution is 2.50. The Balaban J connectivity index is 1.67. The Kier molecular flexibility index (Phi) is 3.79. The van der Waals surface area contributed by atoms with Gasteiger partial charge in [-0.05, 0) is 43.4 Å². The van der Waals surface area contributed by atoms with E-state index in [2.05, 4.69) is 20.1 Å². The summed E-state index contributed by atoms with van der Waals surface area (Å²) < 4.78 is 5.96. The van der Waals surface area contributed by atoms with Gasteiger partial charge in [0.15, 0.2) is 0 Å². The van der Waals surface area contributed by atoms with Gasteiger partial charge in [-0.25, -0.2) is 4.98 Å². The van der Waals surface area contributed by atoms with E-state index in [4.69, 9.17) is 4.42 Å². The quantitative estimate of drug-likeness (QED) is 0.929. The maximum Gasteiger partial charge on any atom is 0.224 e. The Labute approximate surface area is 141 Å². The van der Waals surface area contributed by atoms with Crippen LogP contribution in [0, 0.1) is 12.8 Å². The van der Waals surface area contributed by atoms with Gasteiger partial charge in [0, 0.05) is 25.2 Å². The fourth-order valence-corrected chi connectivity index (χ4v) is 4.39. The van der Waals surface area contributed by atoms with Crippen LogP contribution in [0.2, 0.25) is 0 Å². The maximum atomic E-state index is 9.47. The van der Waals surface area contributed by atoms with Crippen LogP contribution in [-0.4, -0.2) is 33.4 Å². The zero-order valence-corrected chi connectivity index (χ0v) is 14.3. The van der Waals surface area contributed by atoms with Crippen LogP contribution >= 0.6 is 0 Å². The lowest BCUT2D eigenvalue weighted by atomic mass is 9.80. The number of hydrogen-bond acceptors (Lipinski definition) is 6. The lowest BCUT2D eigenvalue weighted by Crippen LogP contribution is -2.32. The van der Waals surface area contributed by atoms with E-state index in [9.17, 15) is 5.11 Å². The number of nitrogens with zero attached hydrogens (tertiary/aromatic N) is 4. The zero-order chi connectivity index (χ0) is 16.7. The second-order valence-corrected chi connectivity index (χ2v) is 7.11. The summed E-state index contributed by atoms with van der Waals surface area (Å²) in [5.74, 6) is 3.00. The predicted octanol–water partition coefficient (Wildman–Crippen LogP) is 2.39. The Bertz CT molecular complexity index is 744. The molecule has 2 fully saturated rings. The number of aryl methyl sites for hydroxylation is 2. The van der Waals surface area contributed by atoms with Crippen LogP contribution in [0.15, 0.2) is 16.5 Å². The van der Waals surface area contributed by atoms with Gasteiger partial charge < -0.3 is 14.4 Å². The van der Waals surface area contributed by atoms with Gasteiger partial charge in [0.1, 0.15) is 5.82 Å². The second-order valence-electron chi connectivity index (χ2n) is 7.11. The van der Waals surface area contributed by atoms with Gasteiger partial charge >= 0.3 is 0 Å². The summed E-state index contributed by atoms with van der Waals surface area (Å²) in [4.78, 5) is 7.01. The molecule has 0 aromatic carbocycles. The van der Waals surface area contributed by atoms with E-state index in [0.29, 0.717) is 5.92 Å². The first-order valence-corrected chi connectivity index (χ1v) is 8.81. The van der Waals surface area contributed by atoms with E-state index in [1.54, 1.807) is 0 Å². The van der Waals surface area contributed by atoms with Crippen molar-refractivity contribution in [3.05, 3.63) is 35.2 Å². The van der Waals surface area contributed by atoms with Crippen molar-refractivity contribution in [2.45, 2.75) is 51.6 Å². The highest BCUT2D eigenvalue weighted by atomic mass is 16.4. The molecule has 0 spiro atoms. The number of pyridine rings is 1. The third-order valence-corrected chi connectivity index (χ3v) is 5.57. The highest BCUT2D eigenvalue weighted by Gasteiger charge is 2.54. The molecule has 4 rings (SSSR count). The molecule has 1 saturated heterocycles. The van der Waals surface area contributed by atoms with Crippen molar-refractivity contribution in [3.63, 3.8) is 0 Å². The summed E-state index contributed by atoms with van der Waals surface area (Å²) in [6, 6.07) is 3.93. The van der Waals surface area contributed by atoms with Crippen LogP contribution in [0.5, 0.6) is 0 Å². The van der Waals surface area contributed by atoms with Crippen LogP contribution in [0.4, 0.5) is 5.82 Å². The van der Waals surface area contributed by atoms with Crippen molar-refractivity contribution in [2.24, 2.45) is 5.92 Å². The third kappa shape index (κ3) is 2.40. The molecule has 1 saturated carbocycles. The maximum absolute atomic E-state index is 9.47. The molecule has 2 aromatic heterocycles. The number of anilines is 1. The zero-order valence-electron chi connectivity index (χ0n) is 14.3. The summed E-state index contributed by atoms with van der Waals surface area (Å²) in [6.45, 7) is 5.88. The number of aromatic nitrogens is 3. The summed E-state index contributed by atoms with van der Waals surface area (Å²) in [7, 11) is 0. The predicted molar refractivity (Wildman–Crippen MR) is 89.8 cm³/mol. The number of aliphatic hydroxyl groups is 1. The molecule has 2 atom stereocenters. The second kappa shape index (κ2) is 5.84. The summed E-state index contributed by atoms with van der Waals surface area (Å²) in [5, 5.41) is 18.0. The molecule has 1 aliphatic carbocycles. The van der Waals surface area contributed by atoms with Crippen molar-refractivity contribution >= 4 is 5.82 Å². The van der Waals surface area contributed by atoms with Crippen molar-refractivity contribution in [1.29, 1.82) is 0 Å². The largest absolute Gasteiger partial charge is 0.425 e. The van der Waals surface area contributed by atoms with E-state index in [-0.39, 0.29) is 12.0 Å². The van der Waals surface area contributed by atoms with Gasteiger partial charge in [0.2, 0.25) is 11.8 Å². The van der Waals surface area contributed by atoms with Crippen LogP contribution < -0.4 is 4.90 Å². The molecule has 0 bridgehead atoms. The minimum Gasteiger partial charge on any atom is -0.425 e. The first kappa shape index (κ1) is 15.6. The SMILES string of the molecule is CCc1nnc([C@]23CCC[C@H]2CN(c2cc(CO)cc(C)n2)C3)o1. The number of hydrogen-bond donors (Lipinski definition) is 1. The first-order chi connectivity index (χ1) is 11.6. The molecule has 3 heterocycles. The Morgan fingerprint density at radius 2 is 2.25 bits per heavy atom. The van der Waals surface area contributed by atoms with Gasteiger partial charge in [-0.3, -0.25) is 0 Å². The van der Waals surface area contributed by atoms with E-state index in [1.165, 1.54) is 12.8 Å². The fraction of sp³-hybridized carbons (Fsp3) is 0.611. The smallest absolute Gasteiger partial charge is 0.224 e. The minimum atomic E-state index is -0.0365. The third-order valence-electron chi connectivity index (χ3n) is 5.57. The van der Waals surface area contributed by atoms with Gasteiger partial charge in [-0.2, -0.15) is 0 Å². The summed E-state index contributed by atoms with van der Waals surface area (Å²) in [6.07, 6.45) is 4.28. The van der Waals surface area contributed by atoms with Gasteiger partial charge in [-0.1, -0.05) is 13.3 Å². The molecule has 0 amide bonds. The van der Waals surface area contributed by atoms with Crippen LogP contribution in [0.3, 0.4) is 0 Å². The number of fused-ring (bicyclic) bond motifs is 1. The van der Waals surface area contributed by atoms with Crippen molar-refractivity contribution in [3.8, 4) is 0 Å². The topological polar surface area (TPSA) is 75.3 Å². The Morgan fingerprint density at radius 1 is 1.38 bits per heavy atom. The number of rotatable bonds is 4. The van der Waals surface area contributed by atoms with E-state index in [1.807, 2.05) is 26.0 Å². The van der Waals surface area contributed by atoms with E-state index >= 15 is 0 Å². The molecule has 6 heteroatoms. The summed E-state index contributed by atoms with van der Waals surface area (Å²) >= 11 is 0. The molecule has 2 aliphatic rings. The highest BCUT2D eigenvalue weighted by molar-refractivity contribution is 5.46. The molecule has 2 aromatic rings. The molecule has 24 heavy (non-hydrogen) atoms. The molecular formula is C18H24N4O2. The average Bonchev–Trinajstić information content (AvgIpc) is 3.27. The van der Waals surface area contributed by atoms with Crippen LogP contribution in [0.25, 0.3) is 0 Å². The van der Waals surface area contributed by atoms with Gasteiger partial charge in [0.25, 0.3) is 0 Å². The molecular weight excluding hydrogens is 304 g/mol. The Morgan fingerprint density at radius 3 is 3.00 bits per heavy atom. The van der Waals surface area contributed by atoms with Gasteiger partial charge in [0.05, 0.1) is 12.0 Å². The fourth-order valence-electron chi connectivity index (χ4n) is 4.39. The van der Waals surface area contributed by atoms with Crippen molar-refractivity contribution < 1.29 is 9.52 Å². The lowest BCUT2D eigenvalue weighted by molar-refractivity contribution is 0.281. The Hall–Kier alpha value is -1.95. The van der Waals surface area contributed by atoms with E-state index in [0.717, 1.165) is 54.8 Å². The van der Waals surface area contributed by atoms with Gasteiger partial charge in [-0.15, -0.1) is 10.2 Å². The lowest BCUT2D eigenvalue weighted by Gasteiger charge is -2.25. The molecule has 6 nitrogen and oxygen atoms in total. The van der Waals surface area contributed by atoms with E-state index < -0.39 is 0 Å². The summed E-state index contributed by atoms with van der Waals surface area (Å²) in [5.41, 5.74) is 1.81. The molecule has 0 unspecified atom stereocenters. The molecule has 1 N–H and O–H groups in total. The number of aliphatic hydroxyl groups excluding tert-OH is 1. The van der Waals surface area contributed by atoms with Crippen LogP contribution in [0.1, 0.15) is 49.2 Å². The normalized spacial score (nSPS) is 26.1. The molecule has 1 aliphatic heterocycles. The first-order valence-electron chi connectivity index (χ1n) is 8.81.